The maximum Gasteiger partial charge on any atom is 0.268 e. The summed E-state index contributed by atoms with van der Waals surface area (Å²) in [5.41, 5.74) is 4.69. The number of halogens is 1. The number of aromatic nitrogens is 1. The minimum Gasteiger partial charge on any atom is -0.350 e. The fourth-order valence-corrected chi connectivity index (χ4v) is 2.69. The van der Waals surface area contributed by atoms with Gasteiger partial charge in [0.05, 0.1) is 0 Å². The lowest BCUT2D eigenvalue weighted by molar-refractivity contribution is 0.0946. The second-order valence-electron chi connectivity index (χ2n) is 5.48. The largest absolute Gasteiger partial charge is 0.350 e. The monoisotopic (exact) mass is 312 g/mol. The lowest BCUT2D eigenvalue weighted by Gasteiger charge is -2.05. The molecule has 0 saturated heterocycles. The van der Waals surface area contributed by atoms with Crippen LogP contribution in [0.2, 0.25) is 5.02 Å². The number of nitrogens with one attached hydrogen (secondary N) is 2. The third-order valence-electron chi connectivity index (χ3n) is 3.82. The van der Waals surface area contributed by atoms with Crippen LogP contribution in [0.3, 0.4) is 0 Å². The summed E-state index contributed by atoms with van der Waals surface area (Å²) in [5.74, 6) is -0.106. The molecule has 0 saturated carbocycles. The lowest BCUT2D eigenvalue weighted by atomic mass is 10.1. The van der Waals surface area contributed by atoms with E-state index in [9.17, 15) is 4.79 Å². The smallest absolute Gasteiger partial charge is 0.268 e. The average molecular weight is 313 g/mol. The van der Waals surface area contributed by atoms with E-state index >= 15 is 0 Å². The first kappa shape index (κ1) is 14.7. The van der Waals surface area contributed by atoms with Crippen molar-refractivity contribution in [1.82, 2.24) is 10.3 Å². The Morgan fingerprint density at radius 2 is 1.86 bits per heavy atom. The summed E-state index contributed by atoms with van der Waals surface area (Å²) in [7, 11) is 0. The highest BCUT2D eigenvalue weighted by molar-refractivity contribution is 6.31. The van der Waals surface area contributed by atoms with E-state index in [1.807, 2.05) is 56.3 Å². The molecule has 4 heteroatoms. The third-order valence-corrected chi connectivity index (χ3v) is 4.06. The van der Waals surface area contributed by atoms with Crippen LogP contribution in [0.1, 0.15) is 27.2 Å². The van der Waals surface area contributed by atoms with Crippen molar-refractivity contribution >= 4 is 28.4 Å². The van der Waals surface area contributed by atoms with Gasteiger partial charge in [0.2, 0.25) is 0 Å². The van der Waals surface area contributed by atoms with Gasteiger partial charge in [-0.2, -0.15) is 0 Å². The van der Waals surface area contributed by atoms with Crippen molar-refractivity contribution < 1.29 is 4.79 Å². The van der Waals surface area contributed by atoms with Gasteiger partial charge in [0.15, 0.2) is 0 Å². The number of carbonyl (C=O) groups is 1. The molecule has 0 fully saturated rings. The van der Waals surface area contributed by atoms with Crippen LogP contribution in [0, 0.1) is 13.8 Å². The summed E-state index contributed by atoms with van der Waals surface area (Å²) in [6.07, 6.45) is 0. The average Bonchev–Trinajstić information content (AvgIpc) is 2.83. The van der Waals surface area contributed by atoms with Gasteiger partial charge >= 0.3 is 0 Å². The van der Waals surface area contributed by atoms with Crippen molar-refractivity contribution in [2.45, 2.75) is 20.4 Å². The maximum absolute atomic E-state index is 12.4. The van der Waals surface area contributed by atoms with E-state index in [4.69, 9.17) is 11.6 Å². The van der Waals surface area contributed by atoms with Gasteiger partial charge in [-0.1, -0.05) is 47.5 Å². The standard InChI is InChI=1S/C18H17ClN2O/c1-11-3-5-13(6-4-11)10-20-18(22)17-12(2)15-8-7-14(19)9-16(15)21-17/h3-9,21H,10H2,1-2H3,(H,20,22). The van der Waals surface area contributed by atoms with Gasteiger partial charge in [0.1, 0.15) is 5.69 Å². The van der Waals surface area contributed by atoms with Gasteiger partial charge in [-0.3, -0.25) is 4.79 Å². The van der Waals surface area contributed by atoms with E-state index in [0.29, 0.717) is 17.3 Å². The molecule has 112 valence electrons. The quantitative estimate of drug-likeness (QED) is 0.741. The van der Waals surface area contributed by atoms with Gasteiger partial charge in [-0.25, -0.2) is 0 Å². The summed E-state index contributed by atoms with van der Waals surface area (Å²) in [5, 5.41) is 4.62. The van der Waals surface area contributed by atoms with Crippen molar-refractivity contribution in [1.29, 1.82) is 0 Å². The topological polar surface area (TPSA) is 44.9 Å². The van der Waals surface area contributed by atoms with Crippen LogP contribution < -0.4 is 5.32 Å². The Kier molecular flexibility index (Phi) is 3.90. The van der Waals surface area contributed by atoms with Crippen molar-refractivity contribution in [3.05, 3.63) is 69.9 Å². The predicted octanol–water partition coefficient (Wildman–Crippen LogP) is 4.37. The molecule has 1 amide bonds. The van der Waals surface area contributed by atoms with E-state index in [0.717, 1.165) is 22.0 Å². The first-order valence-corrected chi connectivity index (χ1v) is 7.54. The van der Waals surface area contributed by atoms with E-state index < -0.39 is 0 Å². The molecule has 22 heavy (non-hydrogen) atoms. The van der Waals surface area contributed by atoms with Crippen molar-refractivity contribution in [3.63, 3.8) is 0 Å². The van der Waals surface area contributed by atoms with Crippen LogP contribution >= 0.6 is 11.6 Å². The van der Waals surface area contributed by atoms with Crippen LogP contribution in [-0.2, 0) is 6.54 Å². The molecule has 0 radical (unpaired) electrons. The van der Waals surface area contributed by atoms with Gasteiger partial charge in [0.25, 0.3) is 5.91 Å². The Morgan fingerprint density at radius 3 is 2.59 bits per heavy atom. The highest BCUT2D eigenvalue weighted by atomic mass is 35.5. The van der Waals surface area contributed by atoms with Crippen LogP contribution in [0.15, 0.2) is 42.5 Å². The molecular formula is C18H17ClN2O. The number of benzene rings is 2. The van der Waals surface area contributed by atoms with Crippen molar-refractivity contribution in [2.24, 2.45) is 0 Å². The minimum atomic E-state index is -0.106. The van der Waals surface area contributed by atoms with E-state index in [1.165, 1.54) is 5.56 Å². The molecule has 0 bridgehead atoms. The molecule has 1 aromatic heterocycles. The molecular weight excluding hydrogens is 296 g/mol. The highest BCUT2D eigenvalue weighted by Gasteiger charge is 2.14. The van der Waals surface area contributed by atoms with Crippen molar-refractivity contribution in [2.75, 3.05) is 0 Å². The molecule has 0 atom stereocenters. The molecule has 0 aliphatic rings. The number of aryl methyl sites for hydroxylation is 2. The molecule has 1 heterocycles. The Labute approximate surface area is 134 Å². The van der Waals surface area contributed by atoms with Crippen LogP contribution in [0.5, 0.6) is 0 Å². The second-order valence-corrected chi connectivity index (χ2v) is 5.92. The van der Waals surface area contributed by atoms with Gasteiger partial charge in [-0.15, -0.1) is 0 Å². The first-order valence-electron chi connectivity index (χ1n) is 7.16. The van der Waals surface area contributed by atoms with E-state index in [2.05, 4.69) is 10.3 Å². The molecule has 0 aliphatic carbocycles. The van der Waals surface area contributed by atoms with Gasteiger partial charge in [0, 0.05) is 22.5 Å². The number of carbonyl (C=O) groups excluding carboxylic acids is 1. The Bertz CT molecular complexity index is 834. The summed E-state index contributed by atoms with van der Waals surface area (Å²) in [6, 6.07) is 13.7. The normalized spacial score (nSPS) is 10.9. The number of hydrogen-bond acceptors (Lipinski definition) is 1. The molecule has 3 rings (SSSR count). The fourth-order valence-electron chi connectivity index (χ4n) is 2.51. The summed E-state index contributed by atoms with van der Waals surface area (Å²) in [6.45, 7) is 4.49. The number of hydrogen-bond donors (Lipinski definition) is 2. The molecule has 3 nitrogen and oxygen atoms in total. The third kappa shape index (κ3) is 2.85. The maximum atomic E-state index is 12.4. The molecule has 2 N–H and O–H groups in total. The Balaban J connectivity index is 1.80. The number of rotatable bonds is 3. The summed E-state index contributed by atoms with van der Waals surface area (Å²) in [4.78, 5) is 15.5. The molecule has 2 aromatic carbocycles. The summed E-state index contributed by atoms with van der Waals surface area (Å²) < 4.78 is 0. The van der Waals surface area contributed by atoms with Crippen LogP contribution in [0.25, 0.3) is 10.9 Å². The minimum absolute atomic E-state index is 0.106. The van der Waals surface area contributed by atoms with E-state index in [-0.39, 0.29) is 5.91 Å². The van der Waals surface area contributed by atoms with Crippen LogP contribution in [0.4, 0.5) is 0 Å². The highest BCUT2D eigenvalue weighted by Crippen LogP contribution is 2.24. The zero-order chi connectivity index (χ0) is 15.7. The number of aromatic amines is 1. The lowest BCUT2D eigenvalue weighted by Crippen LogP contribution is -2.23. The van der Waals surface area contributed by atoms with Crippen molar-refractivity contribution in [3.8, 4) is 0 Å². The Hall–Kier alpha value is -2.26. The molecule has 0 unspecified atom stereocenters. The zero-order valence-corrected chi connectivity index (χ0v) is 13.3. The SMILES string of the molecule is Cc1ccc(CNC(=O)c2[nH]c3cc(Cl)ccc3c2C)cc1. The van der Waals surface area contributed by atoms with E-state index in [1.54, 1.807) is 0 Å². The number of fused-ring (bicyclic) bond motifs is 1. The summed E-state index contributed by atoms with van der Waals surface area (Å²) >= 11 is 5.99. The predicted molar refractivity (Wildman–Crippen MR) is 90.4 cm³/mol. The van der Waals surface area contributed by atoms with Crippen LogP contribution in [-0.4, -0.2) is 10.9 Å². The number of H-pyrrole nitrogens is 1. The number of amides is 1. The van der Waals surface area contributed by atoms with Gasteiger partial charge < -0.3 is 10.3 Å². The Morgan fingerprint density at radius 1 is 1.14 bits per heavy atom. The zero-order valence-electron chi connectivity index (χ0n) is 12.5. The molecule has 0 aliphatic heterocycles. The second kappa shape index (κ2) is 5.85. The fraction of sp³-hybridized carbons (Fsp3) is 0.167. The molecule has 3 aromatic rings. The first-order chi connectivity index (χ1) is 10.5. The van der Waals surface area contributed by atoms with Gasteiger partial charge in [-0.05, 0) is 37.1 Å². The molecule has 0 spiro atoms.